The van der Waals surface area contributed by atoms with E-state index in [-0.39, 0.29) is 0 Å². The fraction of sp³-hybridized carbons (Fsp3) is 0.250. The standard InChI is InChI=1S/C4H9NOP2/c1-4(6-8)2-3-5-7/h2-3H,7-8H2,1H3. The molecule has 0 saturated carbocycles. The van der Waals surface area contributed by atoms with Crippen LogP contribution in [0.2, 0.25) is 0 Å². The summed E-state index contributed by atoms with van der Waals surface area (Å²) >= 11 is 0. The zero-order valence-electron chi connectivity index (χ0n) is 4.66. The maximum atomic E-state index is 4.73. The minimum atomic E-state index is 0.821. The maximum absolute atomic E-state index is 4.73. The van der Waals surface area contributed by atoms with Gasteiger partial charge in [0.2, 0.25) is 0 Å². The smallest absolute Gasteiger partial charge is 0.0976 e. The molecule has 46 valence electrons. The minimum Gasteiger partial charge on any atom is -0.485 e. The third-order valence-corrected chi connectivity index (χ3v) is 1.13. The Morgan fingerprint density at radius 1 is 1.75 bits per heavy atom. The van der Waals surface area contributed by atoms with Crippen LogP contribution in [-0.4, -0.2) is 6.21 Å². The van der Waals surface area contributed by atoms with Gasteiger partial charge in [-0.2, -0.15) is 0 Å². The van der Waals surface area contributed by atoms with E-state index in [4.69, 9.17) is 4.52 Å². The average molecular weight is 149 g/mol. The minimum absolute atomic E-state index is 0.821. The van der Waals surface area contributed by atoms with Gasteiger partial charge in [0.05, 0.1) is 15.2 Å². The highest BCUT2D eigenvalue weighted by atomic mass is 31.0. The summed E-state index contributed by atoms with van der Waals surface area (Å²) < 4.78 is 8.38. The molecule has 0 aliphatic carbocycles. The third kappa shape index (κ3) is 4.23. The average Bonchev–Trinajstić information content (AvgIpc) is 1.83. The van der Waals surface area contributed by atoms with Crippen molar-refractivity contribution in [2.75, 3.05) is 0 Å². The molecule has 0 spiro atoms. The summed E-state index contributed by atoms with van der Waals surface area (Å²) in [6, 6.07) is 0. The number of nitrogens with zero attached hydrogens (tertiary/aromatic N) is 1. The van der Waals surface area contributed by atoms with Gasteiger partial charge >= 0.3 is 0 Å². The Morgan fingerprint density at radius 3 is 2.75 bits per heavy atom. The molecule has 0 bridgehead atoms. The van der Waals surface area contributed by atoms with E-state index in [1.54, 1.807) is 12.3 Å². The first-order valence-corrected chi connectivity index (χ1v) is 3.07. The molecule has 0 N–H and O–H groups in total. The van der Waals surface area contributed by atoms with E-state index >= 15 is 0 Å². The molecule has 0 saturated heterocycles. The quantitative estimate of drug-likeness (QED) is 0.331. The van der Waals surface area contributed by atoms with E-state index in [1.807, 2.05) is 6.92 Å². The number of hydrogen-bond donors (Lipinski definition) is 0. The molecule has 0 radical (unpaired) electrons. The predicted octanol–water partition coefficient (Wildman–Crippen LogP) is 1.56. The van der Waals surface area contributed by atoms with E-state index in [9.17, 15) is 0 Å². The summed E-state index contributed by atoms with van der Waals surface area (Å²) in [5.41, 5.74) is 0. The van der Waals surface area contributed by atoms with Gasteiger partial charge in [0, 0.05) is 6.21 Å². The maximum Gasteiger partial charge on any atom is 0.0976 e. The molecule has 0 aliphatic rings. The summed E-state index contributed by atoms with van der Waals surface area (Å²) in [5, 5.41) is 0. The van der Waals surface area contributed by atoms with Crippen LogP contribution in [0.25, 0.3) is 0 Å². The molecule has 2 unspecified atom stereocenters. The zero-order chi connectivity index (χ0) is 6.41. The van der Waals surface area contributed by atoms with Crippen molar-refractivity contribution in [2.24, 2.45) is 4.76 Å². The van der Waals surface area contributed by atoms with Crippen LogP contribution in [0.5, 0.6) is 0 Å². The van der Waals surface area contributed by atoms with Crippen LogP contribution in [0.1, 0.15) is 6.92 Å². The molecular formula is C4H9NOP2. The van der Waals surface area contributed by atoms with Crippen LogP contribution >= 0.6 is 18.9 Å². The summed E-state index contributed by atoms with van der Waals surface area (Å²) in [6.45, 7) is 1.85. The number of hydrogen-bond acceptors (Lipinski definition) is 2. The van der Waals surface area contributed by atoms with Crippen molar-refractivity contribution in [1.29, 1.82) is 0 Å². The topological polar surface area (TPSA) is 21.6 Å². The Bertz CT molecular complexity index is 111. The molecule has 0 rings (SSSR count). The Morgan fingerprint density at radius 2 is 2.38 bits per heavy atom. The van der Waals surface area contributed by atoms with E-state index < -0.39 is 0 Å². The van der Waals surface area contributed by atoms with Gasteiger partial charge in [-0.25, -0.2) is 0 Å². The highest BCUT2D eigenvalue weighted by Gasteiger charge is 1.76. The van der Waals surface area contributed by atoms with E-state index in [2.05, 4.69) is 23.6 Å². The molecule has 4 heteroatoms. The van der Waals surface area contributed by atoms with Crippen LogP contribution in [-0.2, 0) is 4.52 Å². The van der Waals surface area contributed by atoms with Crippen LogP contribution in [0, 0.1) is 0 Å². The molecule has 0 aromatic heterocycles. The van der Waals surface area contributed by atoms with Gasteiger partial charge in [0.15, 0.2) is 0 Å². The first-order valence-electron chi connectivity index (χ1n) is 2.08. The molecule has 0 aliphatic heterocycles. The Kier molecular flexibility index (Phi) is 5.26. The molecule has 0 amide bonds. The van der Waals surface area contributed by atoms with E-state index in [0.717, 1.165) is 5.76 Å². The molecular weight excluding hydrogens is 140 g/mol. The monoisotopic (exact) mass is 149 g/mol. The first kappa shape index (κ1) is 8.07. The normalized spacial score (nSPS) is 12.6. The van der Waals surface area contributed by atoms with Gasteiger partial charge < -0.3 is 4.52 Å². The van der Waals surface area contributed by atoms with Gasteiger partial charge in [0.25, 0.3) is 0 Å². The number of rotatable bonds is 2. The van der Waals surface area contributed by atoms with Gasteiger partial charge in [-0.15, -0.1) is 0 Å². The molecule has 2 atom stereocenters. The van der Waals surface area contributed by atoms with Gasteiger partial charge in [-0.1, -0.05) is 0 Å². The fourth-order valence-electron chi connectivity index (χ4n) is 0.187. The van der Waals surface area contributed by atoms with Crippen LogP contribution in [0.15, 0.2) is 16.6 Å². The molecule has 2 nitrogen and oxygen atoms in total. The second-order valence-electron chi connectivity index (χ2n) is 1.19. The first-order chi connectivity index (χ1) is 3.81. The molecule has 0 aromatic carbocycles. The van der Waals surface area contributed by atoms with Crippen LogP contribution < -0.4 is 0 Å². The predicted molar refractivity (Wildman–Crippen MR) is 42.8 cm³/mol. The second-order valence-corrected chi connectivity index (χ2v) is 1.73. The van der Waals surface area contributed by atoms with Crippen molar-refractivity contribution in [2.45, 2.75) is 6.92 Å². The zero-order valence-corrected chi connectivity index (χ0v) is 6.97. The van der Waals surface area contributed by atoms with Crippen molar-refractivity contribution in [3.63, 3.8) is 0 Å². The highest BCUT2D eigenvalue weighted by molar-refractivity contribution is 7.15. The summed E-state index contributed by atoms with van der Waals surface area (Å²) in [5.74, 6) is 0.821. The van der Waals surface area contributed by atoms with Crippen molar-refractivity contribution >= 4 is 25.1 Å². The molecule has 8 heavy (non-hydrogen) atoms. The fourth-order valence-corrected chi connectivity index (χ4v) is 0.352. The van der Waals surface area contributed by atoms with Crippen molar-refractivity contribution in [3.05, 3.63) is 11.8 Å². The summed E-state index contributed by atoms with van der Waals surface area (Å²) in [4.78, 5) is 0. The summed E-state index contributed by atoms with van der Waals surface area (Å²) in [7, 11) is 4.38. The molecule has 0 aromatic rings. The van der Waals surface area contributed by atoms with Crippen LogP contribution in [0.4, 0.5) is 0 Å². The lowest BCUT2D eigenvalue weighted by Crippen LogP contribution is -1.71. The SMILES string of the molecule is CC(=CC=NP)OP. The summed E-state index contributed by atoms with van der Waals surface area (Å²) in [6.07, 6.45) is 3.41. The lowest BCUT2D eigenvalue weighted by Gasteiger charge is -1.91. The Balaban J connectivity index is 3.57. The Hall–Kier alpha value is 0.0700. The van der Waals surface area contributed by atoms with Crippen molar-refractivity contribution in [1.82, 2.24) is 0 Å². The number of allylic oxidation sites excluding steroid dienone is 2. The largest absolute Gasteiger partial charge is 0.485 e. The Labute approximate surface area is 54.0 Å². The van der Waals surface area contributed by atoms with Gasteiger partial charge in [0.1, 0.15) is 0 Å². The third-order valence-electron chi connectivity index (χ3n) is 0.581. The highest BCUT2D eigenvalue weighted by Crippen LogP contribution is 1.98. The lowest BCUT2D eigenvalue weighted by molar-refractivity contribution is 0.501. The van der Waals surface area contributed by atoms with Crippen molar-refractivity contribution in [3.8, 4) is 0 Å². The van der Waals surface area contributed by atoms with Crippen molar-refractivity contribution < 1.29 is 4.52 Å². The van der Waals surface area contributed by atoms with E-state index in [0.29, 0.717) is 0 Å². The lowest BCUT2D eigenvalue weighted by atomic mass is 10.5. The molecule has 0 fully saturated rings. The van der Waals surface area contributed by atoms with Gasteiger partial charge in [-0.05, 0) is 22.4 Å². The molecule has 0 heterocycles. The van der Waals surface area contributed by atoms with E-state index in [1.165, 1.54) is 0 Å². The van der Waals surface area contributed by atoms with Crippen LogP contribution in [0.3, 0.4) is 0 Å². The second kappa shape index (κ2) is 5.21. The van der Waals surface area contributed by atoms with Gasteiger partial charge in [-0.3, -0.25) is 4.76 Å².